The highest BCUT2D eigenvalue weighted by Gasteiger charge is 2.58. The average molecular weight is 1150 g/mol. The molecule has 0 aromatic heterocycles. The molecule has 1 fully saturated rings. The second kappa shape index (κ2) is 20.1. The minimum absolute atomic E-state index is 0.0157. The molecule has 0 saturated heterocycles. The highest BCUT2D eigenvalue weighted by Crippen LogP contribution is 2.63. The largest absolute Gasteiger partial charge is 0.334 e. The molecule has 438 valence electrons. The van der Waals surface area contributed by atoms with Crippen LogP contribution < -0.4 is 31.1 Å². The van der Waals surface area contributed by atoms with Crippen molar-refractivity contribution in [3.8, 4) is 44.5 Å². The van der Waals surface area contributed by atoms with Crippen LogP contribution in [0.2, 0.25) is 0 Å². The van der Waals surface area contributed by atoms with E-state index in [9.17, 15) is 0 Å². The Kier molecular flexibility index (Phi) is 12.8. The number of anilines is 8. The number of hydrogen-bond donors (Lipinski definition) is 0. The summed E-state index contributed by atoms with van der Waals surface area (Å²) in [5.74, 6) is 0. The molecule has 10 aromatic rings. The van der Waals surface area contributed by atoms with Crippen LogP contribution in [0, 0.1) is 0 Å². The zero-order chi connectivity index (χ0) is 60.9. The van der Waals surface area contributed by atoms with Crippen molar-refractivity contribution in [2.24, 2.45) is 0 Å². The van der Waals surface area contributed by atoms with E-state index >= 15 is 0 Å². The summed E-state index contributed by atoms with van der Waals surface area (Å²) in [5, 5.41) is 0. The molecule has 0 radical (unpaired) electrons. The Balaban J connectivity index is 1.06. The maximum absolute atomic E-state index is 2.84. The van der Waals surface area contributed by atoms with Gasteiger partial charge < -0.3 is 14.7 Å². The fourth-order valence-corrected chi connectivity index (χ4v) is 16.5. The van der Waals surface area contributed by atoms with E-state index in [1.807, 2.05) is 0 Å². The predicted molar refractivity (Wildman–Crippen MR) is 378 cm³/mol. The van der Waals surface area contributed by atoms with Crippen LogP contribution in [-0.4, -0.2) is 12.3 Å². The van der Waals surface area contributed by atoms with Crippen LogP contribution in [0.5, 0.6) is 0 Å². The van der Waals surface area contributed by atoms with Gasteiger partial charge in [0.1, 0.15) is 0 Å². The Hall–Kier alpha value is -8.34. The summed E-state index contributed by atoms with van der Waals surface area (Å²) < 4.78 is 0. The molecule has 3 aliphatic heterocycles. The van der Waals surface area contributed by atoms with E-state index in [0.29, 0.717) is 0 Å². The summed E-state index contributed by atoms with van der Waals surface area (Å²) in [7, 11) is 0. The van der Waals surface area contributed by atoms with Gasteiger partial charge in [-0.15, -0.1) is 0 Å². The van der Waals surface area contributed by atoms with E-state index in [4.69, 9.17) is 0 Å². The molecule has 88 heavy (non-hydrogen) atoms. The molecule has 0 spiro atoms. The number of fused-ring (bicyclic) bond motifs is 8. The van der Waals surface area contributed by atoms with Gasteiger partial charge in [-0.05, 0) is 198 Å². The lowest BCUT2D eigenvalue weighted by molar-refractivity contribution is 0.195. The highest BCUT2D eigenvalue weighted by molar-refractivity contribution is 7.00. The SMILES string of the molecule is CC(C)(C)c1ccc(-c2ccc3c(c2)C2(C)CCCCC2(C)N3c2cc3c4c(c2)N(c2ccc(C(C)(C)C)cc2-c2ccccc2)c2cc5c(cc2B4c2cc(-c4ccccc4)ccc2N3c2ccc(-c3ccccc3)cc2)C(C)(C)CCC5(C)C)cc1. The van der Waals surface area contributed by atoms with Crippen LogP contribution in [0.25, 0.3) is 44.5 Å². The first kappa shape index (κ1) is 56.2. The van der Waals surface area contributed by atoms with Crippen LogP contribution >= 0.6 is 0 Å². The summed E-state index contributed by atoms with van der Waals surface area (Å²) in [6, 6.07) is 85.0. The van der Waals surface area contributed by atoms with Gasteiger partial charge in [-0.25, -0.2) is 0 Å². The molecule has 4 heteroatoms. The van der Waals surface area contributed by atoms with Gasteiger partial charge >= 0.3 is 0 Å². The monoisotopic (exact) mass is 1150 g/mol. The molecular weight excluding hydrogens is 1060 g/mol. The van der Waals surface area contributed by atoms with Gasteiger partial charge in [0.25, 0.3) is 6.71 Å². The molecule has 0 bridgehead atoms. The van der Waals surface area contributed by atoms with Crippen LogP contribution in [-0.2, 0) is 27.1 Å². The van der Waals surface area contributed by atoms with Gasteiger partial charge in [-0.1, -0.05) is 247 Å². The van der Waals surface area contributed by atoms with E-state index in [1.165, 1.54) is 141 Å². The average Bonchev–Trinajstić information content (AvgIpc) is 1.15. The molecule has 3 heterocycles. The van der Waals surface area contributed by atoms with Crippen molar-refractivity contribution in [2.75, 3.05) is 14.7 Å². The zero-order valence-electron chi connectivity index (χ0n) is 53.9. The normalized spacial score (nSPS) is 19.5. The Morgan fingerprint density at radius 3 is 1.44 bits per heavy atom. The first-order valence-electron chi connectivity index (χ1n) is 32.7. The third kappa shape index (κ3) is 8.81. The lowest BCUT2D eigenvalue weighted by Crippen LogP contribution is -2.62. The fraction of sp³-hybridized carbons (Fsp3) is 0.286. The van der Waals surface area contributed by atoms with Gasteiger partial charge in [0, 0.05) is 50.8 Å². The van der Waals surface area contributed by atoms with E-state index in [0.717, 1.165) is 31.4 Å². The molecular formula is C84H84BN3. The maximum atomic E-state index is 2.84. The van der Waals surface area contributed by atoms with Crippen LogP contribution in [0.15, 0.2) is 218 Å². The Bertz CT molecular complexity index is 4370. The predicted octanol–water partition coefficient (Wildman–Crippen LogP) is 21.1. The lowest BCUT2D eigenvalue weighted by atomic mass is 9.33. The number of rotatable bonds is 7. The van der Waals surface area contributed by atoms with E-state index in [-0.39, 0.29) is 39.3 Å². The van der Waals surface area contributed by atoms with Crippen molar-refractivity contribution in [1.29, 1.82) is 0 Å². The molecule has 2 atom stereocenters. The lowest BCUT2D eigenvalue weighted by Gasteiger charge is -2.51. The summed E-state index contributed by atoms with van der Waals surface area (Å²) >= 11 is 0. The third-order valence-electron chi connectivity index (χ3n) is 22.0. The molecule has 0 N–H and O–H groups in total. The molecule has 2 unspecified atom stereocenters. The molecule has 15 rings (SSSR count). The smallest absolute Gasteiger partial charge is 0.252 e. The van der Waals surface area contributed by atoms with Gasteiger partial charge in [-0.3, -0.25) is 0 Å². The summed E-state index contributed by atoms with van der Waals surface area (Å²) in [4.78, 5) is 8.25. The first-order chi connectivity index (χ1) is 42.1. The van der Waals surface area contributed by atoms with Gasteiger partial charge in [-0.2, -0.15) is 0 Å². The van der Waals surface area contributed by atoms with Crippen LogP contribution in [0.3, 0.4) is 0 Å². The Labute approximate surface area is 525 Å². The number of benzene rings is 10. The van der Waals surface area contributed by atoms with E-state index in [2.05, 4.69) is 316 Å². The third-order valence-corrected chi connectivity index (χ3v) is 22.0. The number of hydrogen-bond acceptors (Lipinski definition) is 3. The first-order valence-corrected chi connectivity index (χ1v) is 32.7. The van der Waals surface area contributed by atoms with Crippen molar-refractivity contribution in [1.82, 2.24) is 0 Å². The minimum Gasteiger partial charge on any atom is -0.334 e. The second-order valence-corrected chi connectivity index (χ2v) is 30.3. The van der Waals surface area contributed by atoms with Crippen molar-refractivity contribution < 1.29 is 0 Å². The quantitative estimate of drug-likeness (QED) is 0.147. The van der Waals surface area contributed by atoms with E-state index in [1.54, 1.807) is 0 Å². The molecule has 0 amide bonds. The highest BCUT2D eigenvalue weighted by atomic mass is 15.3. The summed E-state index contributed by atoms with van der Waals surface area (Å²) in [5.41, 5.74) is 30.6. The molecule has 5 aliphatic rings. The topological polar surface area (TPSA) is 9.72 Å². The van der Waals surface area contributed by atoms with Crippen molar-refractivity contribution in [2.45, 2.75) is 154 Å². The maximum Gasteiger partial charge on any atom is 0.252 e. The molecule has 3 nitrogen and oxygen atoms in total. The van der Waals surface area contributed by atoms with Gasteiger partial charge in [0.15, 0.2) is 0 Å². The summed E-state index contributed by atoms with van der Waals surface area (Å²) in [6.07, 6.45) is 6.89. The van der Waals surface area contributed by atoms with Crippen molar-refractivity contribution in [3.05, 3.63) is 246 Å². The van der Waals surface area contributed by atoms with Crippen LogP contribution in [0.4, 0.5) is 45.5 Å². The standard InChI is InChI=1S/C84H84BN3/c1-79(2,3)62-36-30-58(31-37-62)60-34-41-73-69(48-60)83(11)44-22-23-45-84(83,12)88(73)65-51-76-78-77(52-65)87(72-43-38-63(80(4,5)6)50-66(72)59-28-20-15-21-29-59)75-54-68-67(81(7,8)46-47-82(68,9)10)53-71(75)85(78)70-49-61(56-26-18-14-19-27-56)35-42-74(70)86(76)64-39-32-57(33-40-64)55-24-16-13-17-25-55/h13-21,24-43,48-54H,22-23,44-47H2,1-12H3. The molecule has 2 aliphatic carbocycles. The fourth-order valence-electron chi connectivity index (χ4n) is 16.5. The van der Waals surface area contributed by atoms with Gasteiger partial charge in [0.05, 0.1) is 11.2 Å². The Morgan fingerprint density at radius 2 is 0.818 bits per heavy atom. The number of nitrogens with zero attached hydrogens (tertiary/aromatic N) is 3. The Morgan fingerprint density at radius 1 is 0.341 bits per heavy atom. The van der Waals surface area contributed by atoms with E-state index < -0.39 is 0 Å². The molecule has 1 saturated carbocycles. The molecule has 10 aromatic carbocycles. The zero-order valence-corrected chi connectivity index (χ0v) is 53.9. The second-order valence-electron chi connectivity index (χ2n) is 30.3. The van der Waals surface area contributed by atoms with Crippen molar-refractivity contribution in [3.63, 3.8) is 0 Å². The van der Waals surface area contributed by atoms with Crippen molar-refractivity contribution >= 4 is 68.6 Å². The van der Waals surface area contributed by atoms with Gasteiger partial charge in [0.2, 0.25) is 0 Å². The van der Waals surface area contributed by atoms with Crippen LogP contribution in [0.1, 0.15) is 149 Å². The minimum atomic E-state index is -0.225. The summed E-state index contributed by atoms with van der Waals surface area (Å²) in [6.45, 7) is 29.1.